The minimum atomic E-state index is 0.0842. The number of hydrogen-bond donors (Lipinski definition) is 2. The summed E-state index contributed by atoms with van der Waals surface area (Å²) in [6.07, 6.45) is 2.74. The Bertz CT molecular complexity index is 315. The van der Waals surface area contributed by atoms with Gasteiger partial charge in [-0.25, -0.2) is 0 Å². The molecule has 1 saturated heterocycles. The normalized spacial score (nSPS) is 33.7. The molecule has 2 aliphatic rings. The number of ether oxygens (including phenoxy) is 1. The fraction of sp³-hybridized carbons (Fsp3) is 0.929. The monoisotopic (exact) mass is 254 g/mol. The largest absolute Gasteiger partial charge is 0.377 e. The zero-order chi connectivity index (χ0) is 13.3. The maximum absolute atomic E-state index is 11.7. The average molecular weight is 254 g/mol. The number of carbonyl (C=O) groups is 1. The summed E-state index contributed by atoms with van der Waals surface area (Å²) >= 11 is 0. The van der Waals surface area contributed by atoms with Gasteiger partial charge in [0.1, 0.15) is 0 Å². The lowest BCUT2D eigenvalue weighted by atomic mass is 9.55. The lowest BCUT2D eigenvalue weighted by Crippen LogP contribution is -2.70. The summed E-state index contributed by atoms with van der Waals surface area (Å²) in [5, 5.41) is 6.33. The molecule has 104 valence electrons. The van der Waals surface area contributed by atoms with Crippen LogP contribution in [0.3, 0.4) is 0 Å². The van der Waals surface area contributed by atoms with Crippen LogP contribution in [0.2, 0.25) is 0 Å². The molecule has 0 aromatic rings. The predicted octanol–water partition coefficient (Wildman–Crippen LogP) is 1.30. The first-order valence-corrected chi connectivity index (χ1v) is 7.07. The molecule has 1 saturated carbocycles. The molecule has 0 bridgehead atoms. The summed E-state index contributed by atoms with van der Waals surface area (Å²) in [6, 6.07) is 0.611. The Morgan fingerprint density at radius 1 is 1.44 bits per heavy atom. The molecule has 1 heterocycles. The molecule has 0 radical (unpaired) electrons. The topological polar surface area (TPSA) is 50.4 Å². The Kier molecular flexibility index (Phi) is 3.97. The smallest absolute Gasteiger partial charge is 0.234 e. The highest BCUT2D eigenvalue weighted by Crippen LogP contribution is 2.51. The molecule has 2 N–H and O–H groups in total. The molecule has 1 aliphatic heterocycles. The standard InChI is InChI=1S/C14H26N2O2/c1-9(2)16-11(17)8-15-12-10-6-5-7-18-13(10)14(12,3)4/h9-10,12-13,15H,5-8H2,1-4H3,(H,16,17). The van der Waals surface area contributed by atoms with E-state index in [1.165, 1.54) is 6.42 Å². The van der Waals surface area contributed by atoms with Crippen LogP contribution in [0, 0.1) is 11.3 Å². The summed E-state index contributed by atoms with van der Waals surface area (Å²) in [5.74, 6) is 0.668. The summed E-state index contributed by atoms with van der Waals surface area (Å²) < 4.78 is 5.85. The Balaban J connectivity index is 1.84. The van der Waals surface area contributed by atoms with Gasteiger partial charge in [-0.1, -0.05) is 13.8 Å². The number of hydrogen-bond acceptors (Lipinski definition) is 3. The van der Waals surface area contributed by atoms with E-state index in [2.05, 4.69) is 24.5 Å². The van der Waals surface area contributed by atoms with Crippen LogP contribution in [0.4, 0.5) is 0 Å². The number of nitrogens with one attached hydrogen (secondary N) is 2. The minimum Gasteiger partial charge on any atom is -0.377 e. The number of fused-ring (bicyclic) bond motifs is 1. The predicted molar refractivity (Wildman–Crippen MR) is 71.3 cm³/mol. The van der Waals surface area contributed by atoms with Crippen molar-refractivity contribution in [2.45, 2.75) is 58.7 Å². The lowest BCUT2D eigenvalue weighted by Gasteiger charge is -2.60. The SMILES string of the molecule is CC(C)NC(=O)CNC1C2CCCOC2C1(C)C. The van der Waals surface area contributed by atoms with E-state index in [4.69, 9.17) is 4.74 Å². The van der Waals surface area contributed by atoms with Crippen LogP contribution >= 0.6 is 0 Å². The van der Waals surface area contributed by atoms with E-state index in [-0.39, 0.29) is 17.4 Å². The zero-order valence-corrected chi connectivity index (χ0v) is 12.0. The highest BCUT2D eigenvalue weighted by Gasteiger charge is 2.57. The van der Waals surface area contributed by atoms with Gasteiger partial charge in [0.05, 0.1) is 12.6 Å². The van der Waals surface area contributed by atoms with Crippen LogP contribution < -0.4 is 10.6 Å². The van der Waals surface area contributed by atoms with Gasteiger partial charge in [0.15, 0.2) is 0 Å². The van der Waals surface area contributed by atoms with E-state index < -0.39 is 0 Å². The van der Waals surface area contributed by atoms with Crippen molar-refractivity contribution in [3.63, 3.8) is 0 Å². The van der Waals surface area contributed by atoms with Crippen LogP contribution in [0.15, 0.2) is 0 Å². The van der Waals surface area contributed by atoms with E-state index in [9.17, 15) is 4.79 Å². The van der Waals surface area contributed by atoms with E-state index in [1.54, 1.807) is 0 Å². The van der Waals surface area contributed by atoms with Crippen LogP contribution in [0.25, 0.3) is 0 Å². The van der Waals surface area contributed by atoms with Crippen LogP contribution in [-0.4, -0.2) is 37.2 Å². The van der Waals surface area contributed by atoms with Gasteiger partial charge >= 0.3 is 0 Å². The van der Waals surface area contributed by atoms with Crippen molar-refractivity contribution in [1.29, 1.82) is 0 Å². The second-order valence-corrected chi connectivity index (χ2v) is 6.50. The summed E-state index contributed by atoms with van der Waals surface area (Å²) in [7, 11) is 0. The molecule has 0 aromatic carbocycles. The van der Waals surface area contributed by atoms with Crippen molar-refractivity contribution < 1.29 is 9.53 Å². The Morgan fingerprint density at radius 3 is 2.83 bits per heavy atom. The molecule has 2 rings (SSSR count). The Hall–Kier alpha value is -0.610. The molecular formula is C14H26N2O2. The molecule has 1 amide bonds. The van der Waals surface area contributed by atoms with Crippen molar-refractivity contribution in [3.8, 4) is 0 Å². The third-order valence-electron chi connectivity index (χ3n) is 4.26. The van der Waals surface area contributed by atoms with Crippen molar-refractivity contribution in [1.82, 2.24) is 10.6 Å². The molecule has 18 heavy (non-hydrogen) atoms. The van der Waals surface area contributed by atoms with Crippen molar-refractivity contribution in [2.75, 3.05) is 13.2 Å². The van der Waals surface area contributed by atoms with Gasteiger partial charge in [-0.3, -0.25) is 4.79 Å². The summed E-state index contributed by atoms with van der Waals surface area (Å²) in [6.45, 7) is 9.74. The van der Waals surface area contributed by atoms with E-state index in [0.29, 0.717) is 24.6 Å². The van der Waals surface area contributed by atoms with E-state index >= 15 is 0 Å². The first-order chi connectivity index (χ1) is 8.43. The molecule has 1 aliphatic carbocycles. The average Bonchev–Trinajstić information content (AvgIpc) is 2.28. The minimum absolute atomic E-state index is 0.0842. The molecule has 3 unspecified atom stereocenters. The lowest BCUT2D eigenvalue weighted by molar-refractivity contribution is -0.192. The summed E-state index contributed by atoms with van der Waals surface area (Å²) in [5.41, 5.74) is 0.142. The number of rotatable bonds is 4. The third kappa shape index (κ3) is 2.54. The van der Waals surface area contributed by atoms with Crippen molar-refractivity contribution in [3.05, 3.63) is 0 Å². The molecule has 4 heteroatoms. The van der Waals surface area contributed by atoms with E-state index in [0.717, 1.165) is 13.0 Å². The molecule has 0 spiro atoms. The number of amides is 1. The maximum Gasteiger partial charge on any atom is 0.234 e. The Labute approximate surface area is 110 Å². The highest BCUT2D eigenvalue weighted by molar-refractivity contribution is 5.78. The van der Waals surface area contributed by atoms with Crippen LogP contribution in [0.1, 0.15) is 40.5 Å². The third-order valence-corrected chi connectivity index (χ3v) is 4.26. The zero-order valence-electron chi connectivity index (χ0n) is 12.0. The first kappa shape index (κ1) is 13.8. The molecule has 4 nitrogen and oxygen atoms in total. The van der Waals surface area contributed by atoms with Gasteiger partial charge in [-0.2, -0.15) is 0 Å². The first-order valence-electron chi connectivity index (χ1n) is 7.07. The van der Waals surface area contributed by atoms with Crippen molar-refractivity contribution in [2.24, 2.45) is 11.3 Å². The fourth-order valence-electron chi connectivity index (χ4n) is 3.51. The van der Waals surface area contributed by atoms with Gasteiger partial charge < -0.3 is 15.4 Å². The highest BCUT2D eigenvalue weighted by atomic mass is 16.5. The van der Waals surface area contributed by atoms with Crippen LogP contribution in [0.5, 0.6) is 0 Å². The van der Waals surface area contributed by atoms with Gasteiger partial charge in [0, 0.05) is 30.0 Å². The number of carbonyl (C=O) groups excluding carboxylic acids is 1. The van der Waals surface area contributed by atoms with Gasteiger partial charge in [-0.05, 0) is 26.7 Å². The maximum atomic E-state index is 11.7. The van der Waals surface area contributed by atoms with Crippen molar-refractivity contribution >= 4 is 5.91 Å². The second-order valence-electron chi connectivity index (χ2n) is 6.50. The van der Waals surface area contributed by atoms with Gasteiger partial charge in [-0.15, -0.1) is 0 Å². The van der Waals surface area contributed by atoms with Gasteiger partial charge in [0.25, 0.3) is 0 Å². The van der Waals surface area contributed by atoms with Gasteiger partial charge in [0.2, 0.25) is 5.91 Å². The molecule has 2 fully saturated rings. The Morgan fingerprint density at radius 2 is 2.17 bits per heavy atom. The molecular weight excluding hydrogens is 228 g/mol. The molecule has 0 aromatic heterocycles. The quantitative estimate of drug-likeness (QED) is 0.795. The molecule has 3 atom stereocenters. The summed E-state index contributed by atoms with van der Waals surface area (Å²) in [4.78, 5) is 11.7. The second kappa shape index (κ2) is 5.17. The van der Waals surface area contributed by atoms with Crippen LogP contribution in [-0.2, 0) is 9.53 Å². The fourth-order valence-corrected chi connectivity index (χ4v) is 3.51. The van der Waals surface area contributed by atoms with E-state index in [1.807, 2.05) is 13.8 Å².